The Balaban J connectivity index is 1.97. The molecule has 0 spiro atoms. The van der Waals surface area contributed by atoms with Crippen LogP contribution in [0.15, 0.2) is 45.7 Å². The quantitative estimate of drug-likeness (QED) is 0.345. The summed E-state index contributed by atoms with van der Waals surface area (Å²) < 4.78 is 18.3. The normalized spacial score (nSPS) is 17.7. The van der Waals surface area contributed by atoms with Crippen molar-refractivity contribution < 1.29 is 24.1 Å². The van der Waals surface area contributed by atoms with E-state index in [1.54, 1.807) is 30.4 Å². The van der Waals surface area contributed by atoms with E-state index in [1.165, 1.54) is 0 Å². The van der Waals surface area contributed by atoms with Crippen LogP contribution in [0.4, 0.5) is 0 Å². The summed E-state index contributed by atoms with van der Waals surface area (Å²) in [6.07, 6.45) is 10.7. The van der Waals surface area contributed by atoms with E-state index >= 15 is 0 Å². The van der Waals surface area contributed by atoms with E-state index < -0.39 is 16.6 Å². The van der Waals surface area contributed by atoms with Crippen molar-refractivity contribution in [3.8, 4) is 23.0 Å². The zero-order chi connectivity index (χ0) is 24.6. The van der Waals surface area contributed by atoms with E-state index in [2.05, 4.69) is 6.58 Å². The second-order valence-electron chi connectivity index (χ2n) is 9.83. The van der Waals surface area contributed by atoms with Gasteiger partial charge in [-0.15, -0.1) is 0 Å². The third-order valence-corrected chi connectivity index (χ3v) is 6.11. The number of phenols is 2. The summed E-state index contributed by atoms with van der Waals surface area (Å²) in [7, 11) is 0. The van der Waals surface area contributed by atoms with Crippen molar-refractivity contribution in [1.82, 2.24) is 0 Å². The van der Waals surface area contributed by atoms with Crippen molar-refractivity contribution in [2.75, 3.05) is 0 Å². The second kappa shape index (κ2) is 7.03. The smallest absolute Gasteiger partial charge is 0.204 e. The fourth-order valence-corrected chi connectivity index (χ4v) is 4.29. The predicted molar refractivity (Wildman–Crippen MR) is 135 cm³/mol. The van der Waals surface area contributed by atoms with Crippen molar-refractivity contribution in [3.05, 3.63) is 63.4 Å². The van der Waals surface area contributed by atoms with E-state index in [0.717, 1.165) is 5.57 Å². The van der Waals surface area contributed by atoms with Gasteiger partial charge in [-0.1, -0.05) is 24.3 Å². The number of phenolic OH excluding ortho intramolecular Hbond substituents is 2. The SMILES string of the molecule is C=CC(C)=Cc1c2c(c(O)c3c(=O)c4cc5c(c(O)c4oc13)OC(C)(C)C=C5)C=CC(C)(C)O2. The number of rotatable bonds is 2. The Morgan fingerprint density at radius 2 is 1.62 bits per heavy atom. The molecule has 1 aromatic heterocycles. The standard InChI is InChI=1S/C28H26O6/c1-7-14(2)12-18-24-16(9-11-28(5,6)34-24)20(29)19-21(30)17-13-15-8-10-27(3,4)33-23(15)22(31)26(17)32-25(18)19/h7-13,29,31H,1H2,2-6H3. The lowest BCUT2D eigenvalue weighted by Crippen LogP contribution is -2.28. The van der Waals surface area contributed by atoms with Gasteiger partial charge in [-0.3, -0.25) is 4.79 Å². The topological polar surface area (TPSA) is 89.1 Å². The Labute approximate surface area is 196 Å². The molecule has 2 aromatic carbocycles. The monoisotopic (exact) mass is 458 g/mol. The Hall–Kier alpha value is -3.93. The molecule has 2 N–H and O–H groups in total. The molecule has 3 heterocycles. The van der Waals surface area contributed by atoms with Crippen molar-refractivity contribution in [3.63, 3.8) is 0 Å². The van der Waals surface area contributed by atoms with Gasteiger partial charge in [0.1, 0.15) is 28.1 Å². The molecule has 6 nitrogen and oxygen atoms in total. The van der Waals surface area contributed by atoms with Gasteiger partial charge in [0, 0.05) is 5.56 Å². The summed E-state index contributed by atoms with van der Waals surface area (Å²) in [6, 6.07) is 1.61. The summed E-state index contributed by atoms with van der Waals surface area (Å²) in [6.45, 7) is 13.2. The molecule has 5 rings (SSSR count). The molecule has 3 aromatic rings. The third-order valence-electron chi connectivity index (χ3n) is 6.11. The third kappa shape index (κ3) is 3.21. The molecule has 0 bridgehead atoms. The van der Waals surface area contributed by atoms with Crippen LogP contribution in [0.5, 0.6) is 23.0 Å². The predicted octanol–water partition coefficient (Wildman–Crippen LogP) is 6.32. The van der Waals surface area contributed by atoms with Crippen molar-refractivity contribution in [1.29, 1.82) is 0 Å². The maximum absolute atomic E-state index is 13.7. The molecule has 2 aliphatic rings. The average Bonchev–Trinajstić information content (AvgIpc) is 2.76. The number of fused-ring (bicyclic) bond motifs is 4. The first-order chi connectivity index (χ1) is 15.9. The number of allylic oxidation sites excluding steroid dienone is 2. The molecule has 34 heavy (non-hydrogen) atoms. The lowest BCUT2D eigenvalue weighted by molar-refractivity contribution is 0.153. The lowest BCUT2D eigenvalue weighted by atomic mass is 9.94. The van der Waals surface area contributed by atoms with Crippen LogP contribution in [-0.4, -0.2) is 21.4 Å². The molecular weight excluding hydrogens is 432 g/mol. The van der Waals surface area contributed by atoms with Crippen LogP contribution >= 0.6 is 0 Å². The molecule has 0 unspecified atom stereocenters. The van der Waals surface area contributed by atoms with Crippen molar-refractivity contribution in [2.45, 2.75) is 45.8 Å². The number of hydrogen-bond donors (Lipinski definition) is 2. The van der Waals surface area contributed by atoms with E-state index in [0.29, 0.717) is 22.4 Å². The minimum atomic E-state index is -0.637. The highest BCUT2D eigenvalue weighted by molar-refractivity contribution is 6.04. The molecule has 2 aliphatic heterocycles. The zero-order valence-corrected chi connectivity index (χ0v) is 19.8. The Kier molecular flexibility index (Phi) is 4.53. The summed E-state index contributed by atoms with van der Waals surface area (Å²) in [4.78, 5) is 13.7. The highest BCUT2D eigenvalue weighted by atomic mass is 16.5. The van der Waals surface area contributed by atoms with Gasteiger partial charge in [-0.2, -0.15) is 0 Å². The van der Waals surface area contributed by atoms with Crippen molar-refractivity contribution in [2.24, 2.45) is 0 Å². The van der Waals surface area contributed by atoms with Crippen LogP contribution in [0.3, 0.4) is 0 Å². The zero-order valence-electron chi connectivity index (χ0n) is 19.8. The van der Waals surface area contributed by atoms with Gasteiger partial charge >= 0.3 is 0 Å². The molecule has 0 fully saturated rings. The van der Waals surface area contributed by atoms with Gasteiger partial charge in [0.05, 0.1) is 16.5 Å². The molecule has 0 radical (unpaired) electrons. The van der Waals surface area contributed by atoms with Crippen LogP contribution < -0.4 is 14.9 Å². The van der Waals surface area contributed by atoms with Gasteiger partial charge < -0.3 is 24.1 Å². The van der Waals surface area contributed by atoms with Gasteiger partial charge in [-0.05, 0) is 65.0 Å². The highest BCUT2D eigenvalue weighted by Crippen LogP contribution is 2.48. The molecule has 0 amide bonds. The first kappa shape index (κ1) is 21.9. The average molecular weight is 459 g/mol. The number of hydrogen-bond acceptors (Lipinski definition) is 6. The van der Waals surface area contributed by atoms with Gasteiger partial charge in [0.25, 0.3) is 0 Å². The maximum atomic E-state index is 13.7. The molecule has 0 aliphatic carbocycles. The van der Waals surface area contributed by atoms with Gasteiger partial charge in [-0.25, -0.2) is 0 Å². The number of benzene rings is 2. The van der Waals surface area contributed by atoms with Crippen LogP contribution in [0.1, 0.15) is 51.3 Å². The first-order valence-corrected chi connectivity index (χ1v) is 11.0. The minimum Gasteiger partial charge on any atom is -0.506 e. The first-order valence-electron chi connectivity index (χ1n) is 11.0. The van der Waals surface area contributed by atoms with Crippen LogP contribution in [0.25, 0.3) is 40.2 Å². The van der Waals surface area contributed by atoms with E-state index in [4.69, 9.17) is 13.9 Å². The largest absolute Gasteiger partial charge is 0.506 e. The van der Waals surface area contributed by atoms with Crippen LogP contribution in [-0.2, 0) is 0 Å². The summed E-state index contributed by atoms with van der Waals surface area (Å²) >= 11 is 0. The molecule has 6 heteroatoms. The molecule has 0 atom stereocenters. The Bertz CT molecular complexity index is 1560. The lowest BCUT2D eigenvalue weighted by Gasteiger charge is -2.30. The molecule has 174 valence electrons. The molecular formula is C28H26O6. The number of aromatic hydroxyl groups is 2. The second-order valence-corrected chi connectivity index (χ2v) is 9.83. The summed E-state index contributed by atoms with van der Waals surface area (Å²) in [5.74, 6) is 0.131. The summed E-state index contributed by atoms with van der Waals surface area (Å²) in [5.41, 5.74) is 0.606. The molecule has 0 saturated carbocycles. The van der Waals surface area contributed by atoms with Gasteiger partial charge in [0.2, 0.25) is 11.2 Å². The van der Waals surface area contributed by atoms with Crippen molar-refractivity contribution >= 4 is 40.2 Å². The van der Waals surface area contributed by atoms with Gasteiger partial charge in [0.15, 0.2) is 16.9 Å². The number of ether oxygens (including phenoxy) is 2. The summed E-state index contributed by atoms with van der Waals surface area (Å²) in [5, 5.41) is 22.4. The maximum Gasteiger partial charge on any atom is 0.204 e. The minimum absolute atomic E-state index is 0.0155. The van der Waals surface area contributed by atoms with Crippen LogP contribution in [0, 0.1) is 0 Å². The fraction of sp³-hybridized carbons (Fsp3) is 0.250. The highest BCUT2D eigenvalue weighted by Gasteiger charge is 2.32. The van der Waals surface area contributed by atoms with E-state index in [9.17, 15) is 15.0 Å². The Morgan fingerprint density at radius 3 is 2.29 bits per heavy atom. The Morgan fingerprint density at radius 1 is 0.971 bits per heavy atom. The van der Waals surface area contributed by atoms with E-state index in [1.807, 2.05) is 46.8 Å². The molecule has 0 saturated heterocycles. The fourth-order valence-electron chi connectivity index (χ4n) is 4.29. The van der Waals surface area contributed by atoms with E-state index in [-0.39, 0.29) is 39.2 Å². The van der Waals surface area contributed by atoms with Crippen LogP contribution in [0.2, 0.25) is 0 Å².